The van der Waals surface area contributed by atoms with E-state index in [1.54, 1.807) is 22.8 Å². The lowest BCUT2D eigenvalue weighted by Gasteiger charge is -2.05. The van der Waals surface area contributed by atoms with Gasteiger partial charge in [0, 0.05) is 5.38 Å². The molecule has 21 heavy (non-hydrogen) atoms. The Bertz CT molecular complexity index is 775. The van der Waals surface area contributed by atoms with Gasteiger partial charge in [-0.05, 0) is 48.6 Å². The predicted molar refractivity (Wildman–Crippen MR) is 86.3 cm³/mol. The summed E-state index contributed by atoms with van der Waals surface area (Å²) in [5.74, 6) is 0.131. The van der Waals surface area contributed by atoms with Crippen molar-refractivity contribution in [1.82, 2.24) is 4.98 Å². The summed E-state index contributed by atoms with van der Waals surface area (Å²) in [5.41, 5.74) is 2.61. The molecule has 0 amide bonds. The molecule has 0 saturated carbocycles. The smallest absolute Gasteiger partial charge is 0.363 e. The van der Waals surface area contributed by atoms with Gasteiger partial charge in [0.15, 0.2) is 5.69 Å². The van der Waals surface area contributed by atoms with E-state index in [-0.39, 0.29) is 0 Å². The van der Waals surface area contributed by atoms with Gasteiger partial charge in [-0.3, -0.25) is 0 Å². The van der Waals surface area contributed by atoms with Crippen molar-refractivity contribution >= 4 is 28.6 Å². The molecule has 0 unspecified atom stereocenters. The number of carbonyl (C=O) groups is 1. The number of thiophene rings is 1. The van der Waals surface area contributed by atoms with Crippen LogP contribution in [0.3, 0.4) is 0 Å². The molecule has 0 N–H and O–H groups in total. The highest BCUT2D eigenvalue weighted by Crippen LogP contribution is 2.28. The fraction of sp³-hybridized carbons (Fsp3) is 0.125. The van der Waals surface area contributed by atoms with E-state index < -0.39 is 5.97 Å². The molecule has 3 rings (SSSR count). The number of rotatable bonds is 3. The molecule has 0 bridgehead atoms. The second-order valence-electron chi connectivity index (χ2n) is 4.65. The van der Waals surface area contributed by atoms with Crippen molar-refractivity contribution in [2.45, 2.75) is 13.8 Å². The normalized spacial score (nSPS) is 10.6. The van der Waals surface area contributed by atoms with Crippen LogP contribution in [0.2, 0.25) is 0 Å². The molecule has 0 aliphatic rings. The Labute approximate surface area is 130 Å². The summed E-state index contributed by atoms with van der Waals surface area (Å²) in [7, 11) is 0. The van der Waals surface area contributed by atoms with Crippen molar-refractivity contribution in [3.05, 3.63) is 57.9 Å². The lowest BCUT2D eigenvalue weighted by molar-refractivity contribution is 0.0729. The maximum absolute atomic E-state index is 12.1. The Morgan fingerprint density at radius 3 is 2.71 bits per heavy atom. The van der Waals surface area contributed by atoms with Gasteiger partial charge in [-0.1, -0.05) is 12.1 Å². The van der Waals surface area contributed by atoms with Crippen molar-refractivity contribution in [1.29, 1.82) is 0 Å². The number of nitrogens with zero attached hydrogens (tertiary/aromatic N) is 1. The molecule has 106 valence electrons. The first-order valence-corrected chi connectivity index (χ1v) is 8.18. The Hall–Kier alpha value is -1.98. The largest absolute Gasteiger partial charge is 0.422 e. The molecule has 2 aromatic heterocycles. The summed E-state index contributed by atoms with van der Waals surface area (Å²) in [5, 5.41) is 4.57. The van der Waals surface area contributed by atoms with E-state index in [0.29, 0.717) is 11.4 Å². The third kappa shape index (κ3) is 3.04. The van der Waals surface area contributed by atoms with Crippen LogP contribution in [-0.4, -0.2) is 11.0 Å². The van der Waals surface area contributed by atoms with Crippen LogP contribution in [-0.2, 0) is 0 Å². The lowest BCUT2D eigenvalue weighted by Crippen LogP contribution is -2.09. The zero-order chi connectivity index (χ0) is 14.8. The fourth-order valence-corrected chi connectivity index (χ4v) is 3.42. The average Bonchev–Trinajstić information content (AvgIpc) is 3.12. The molecule has 3 nitrogen and oxygen atoms in total. The number of hydrogen-bond donors (Lipinski definition) is 0. The monoisotopic (exact) mass is 315 g/mol. The highest BCUT2D eigenvalue weighted by Gasteiger charge is 2.14. The highest BCUT2D eigenvalue weighted by molar-refractivity contribution is 7.20. The van der Waals surface area contributed by atoms with E-state index in [0.717, 1.165) is 15.4 Å². The summed E-state index contributed by atoms with van der Waals surface area (Å²) in [6.45, 7) is 4.01. The van der Waals surface area contributed by atoms with Gasteiger partial charge in [0.05, 0.1) is 4.88 Å². The molecular weight excluding hydrogens is 302 g/mol. The lowest BCUT2D eigenvalue weighted by atomic mass is 10.1. The first kappa shape index (κ1) is 14.0. The number of aryl methyl sites for hydroxylation is 2. The maximum Gasteiger partial charge on any atom is 0.363 e. The molecule has 0 radical (unpaired) electrons. The van der Waals surface area contributed by atoms with Crippen LogP contribution in [0.1, 0.15) is 21.6 Å². The van der Waals surface area contributed by atoms with E-state index in [4.69, 9.17) is 4.74 Å². The summed E-state index contributed by atoms with van der Waals surface area (Å²) in [6, 6.07) is 9.55. The summed E-state index contributed by atoms with van der Waals surface area (Å²) in [4.78, 5) is 17.5. The molecule has 1 aromatic carbocycles. The molecule has 0 aliphatic heterocycles. The van der Waals surface area contributed by atoms with Gasteiger partial charge in [-0.2, -0.15) is 0 Å². The van der Waals surface area contributed by atoms with Gasteiger partial charge in [-0.15, -0.1) is 22.7 Å². The molecule has 0 atom stereocenters. The van der Waals surface area contributed by atoms with E-state index >= 15 is 0 Å². The topological polar surface area (TPSA) is 39.2 Å². The van der Waals surface area contributed by atoms with Crippen LogP contribution in [0.25, 0.3) is 9.88 Å². The second-order valence-corrected chi connectivity index (χ2v) is 6.46. The van der Waals surface area contributed by atoms with Crippen LogP contribution < -0.4 is 4.74 Å². The van der Waals surface area contributed by atoms with Crippen LogP contribution in [0.5, 0.6) is 5.75 Å². The molecule has 5 heteroatoms. The molecule has 0 spiro atoms. The van der Waals surface area contributed by atoms with Crippen molar-refractivity contribution in [2.75, 3.05) is 0 Å². The average molecular weight is 315 g/mol. The van der Waals surface area contributed by atoms with Gasteiger partial charge >= 0.3 is 5.97 Å². The van der Waals surface area contributed by atoms with Gasteiger partial charge in [0.2, 0.25) is 0 Å². The molecular formula is C16H13NO2S2. The van der Waals surface area contributed by atoms with Gasteiger partial charge < -0.3 is 4.74 Å². The van der Waals surface area contributed by atoms with Gasteiger partial charge in [-0.25, -0.2) is 9.78 Å². The van der Waals surface area contributed by atoms with Crippen LogP contribution in [0, 0.1) is 13.8 Å². The summed E-state index contributed by atoms with van der Waals surface area (Å²) >= 11 is 3.05. The molecule has 0 aliphatic carbocycles. The van der Waals surface area contributed by atoms with Crippen molar-refractivity contribution < 1.29 is 9.53 Å². The number of aromatic nitrogens is 1. The number of carbonyl (C=O) groups excluding carboxylic acids is 1. The Kier molecular flexibility index (Phi) is 3.86. The highest BCUT2D eigenvalue weighted by atomic mass is 32.1. The van der Waals surface area contributed by atoms with Crippen LogP contribution in [0.15, 0.2) is 41.1 Å². The number of esters is 1. The minimum atomic E-state index is -0.419. The number of thiazole rings is 1. The number of hydrogen-bond acceptors (Lipinski definition) is 5. The zero-order valence-electron chi connectivity index (χ0n) is 11.6. The third-order valence-corrected chi connectivity index (χ3v) is 5.02. The minimum absolute atomic E-state index is 0.349. The van der Waals surface area contributed by atoms with Crippen molar-refractivity contribution in [3.63, 3.8) is 0 Å². The number of ether oxygens (including phenoxy) is 1. The summed E-state index contributed by atoms with van der Waals surface area (Å²) < 4.78 is 5.38. The zero-order valence-corrected chi connectivity index (χ0v) is 13.3. The van der Waals surface area contributed by atoms with E-state index in [1.807, 2.05) is 43.5 Å². The Morgan fingerprint density at radius 1 is 1.14 bits per heavy atom. The quantitative estimate of drug-likeness (QED) is 0.519. The van der Waals surface area contributed by atoms with Crippen molar-refractivity contribution in [3.8, 4) is 15.6 Å². The second kappa shape index (κ2) is 5.79. The SMILES string of the molecule is Cc1ccc(OC(=O)c2csc(-c3cccs3)n2)cc1C. The molecule has 2 heterocycles. The number of benzene rings is 1. The van der Waals surface area contributed by atoms with Crippen LogP contribution in [0.4, 0.5) is 0 Å². The van der Waals surface area contributed by atoms with Crippen LogP contribution >= 0.6 is 22.7 Å². The van der Waals surface area contributed by atoms with Gasteiger partial charge in [0.1, 0.15) is 10.8 Å². The van der Waals surface area contributed by atoms with E-state index in [1.165, 1.54) is 16.9 Å². The standard InChI is InChI=1S/C16H13NO2S2/c1-10-5-6-12(8-11(10)2)19-16(18)13-9-21-15(17-13)14-4-3-7-20-14/h3-9H,1-2H3. The molecule has 3 aromatic rings. The fourth-order valence-electron chi connectivity index (χ4n) is 1.82. The maximum atomic E-state index is 12.1. The third-order valence-electron chi connectivity index (χ3n) is 3.13. The Balaban J connectivity index is 1.78. The first-order chi connectivity index (χ1) is 10.1. The Morgan fingerprint density at radius 2 is 2.00 bits per heavy atom. The molecule has 0 fully saturated rings. The summed E-state index contributed by atoms with van der Waals surface area (Å²) in [6.07, 6.45) is 0. The minimum Gasteiger partial charge on any atom is -0.422 e. The van der Waals surface area contributed by atoms with E-state index in [2.05, 4.69) is 4.98 Å². The van der Waals surface area contributed by atoms with Crippen molar-refractivity contribution in [2.24, 2.45) is 0 Å². The van der Waals surface area contributed by atoms with Gasteiger partial charge in [0.25, 0.3) is 0 Å². The van der Waals surface area contributed by atoms with E-state index in [9.17, 15) is 4.79 Å². The molecule has 0 saturated heterocycles. The predicted octanol–water partition coefficient (Wildman–Crippen LogP) is 4.71. The first-order valence-electron chi connectivity index (χ1n) is 6.42.